The number of amides is 2. The molecule has 2 aliphatic carbocycles. The number of piperidine rings is 2. The standard InChI is InChI=1S/C28H49N5O5S/c1-38-28(35)31-23-7-9-24(10-8-23)39(36,37)32-14-11-21(12-15-32)22-13-16-33-26(17-22)25(19-30-33)27(34)29-18-20-5-3-2-4-6-20/h20-26,30H,2-19H2,1H3,(H,29,34)(H,31,35). The van der Waals surface area contributed by atoms with Crippen molar-refractivity contribution in [1.82, 2.24) is 25.4 Å². The molecule has 3 unspecified atom stereocenters. The average molecular weight is 568 g/mol. The molecule has 222 valence electrons. The van der Waals surface area contributed by atoms with E-state index in [0.29, 0.717) is 56.5 Å². The number of hydrogen-bond donors (Lipinski definition) is 3. The molecular formula is C28H49N5O5S. The largest absolute Gasteiger partial charge is 0.453 e. The van der Waals surface area contributed by atoms with E-state index in [4.69, 9.17) is 0 Å². The maximum atomic E-state index is 13.4. The Hall–Kier alpha value is -1.43. The van der Waals surface area contributed by atoms with E-state index in [1.807, 2.05) is 0 Å². The fourth-order valence-electron chi connectivity index (χ4n) is 7.96. The van der Waals surface area contributed by atoms with Crippen molar-refractivity contribution in [3.05, 3.63) is 0 Å². The first-order chi connectivity index (χ1) is 18.8. The third kappa shape index (κ3) is 6.90. The molecule has 11 heteroatoms. The lowest BCUT2D eigenvalue weighted by Crippen LogP contribution is -2.50. The van der Waals surface area contributed by atoms with Crippen molar-refractivity contribution in [2.75, 3.05) is 39.8 Å². The lowest BCUT2D eigenvalue weighted by molar-refractivity contribution is -0.126. The van der Waals surface area contributed by atoms with Crippen LogP contribution in [0.3, 0.4) is 0 Å². The van der Waals surface area contributed by atoms with E-state index in [2.05, 4.69) is 25.8 Å². The molecule has 0 spiro atoms. The number of hydrazine groups is 1. The maximum absolute atomic E-state index is 13.4. The number of alkyl carbamates (subject to hydrolysis) is 1. The van der Waals surface area contributed by atoms with Crippen molar-refractivity contribution in [3.8, 4) is 0 Å². The molecule has 2 saturated carbocycles. The van der Waals surface area contributed by atoms with Crippen molar-refractivity contribution in [1.29, 1.82) is 0 Å². The Morgan fingerprint density at radius 3 is 2.28 bits per heavy atom. The first-order valence-corrected chi connectivity index (χ1v) is 17.0. The van der Waals surface area contributed by atoms with E-state index in [9.17, 15) is 18.0 Å². The molecule has 5 aliphatic rings. The fourth-order valence-corrected chi connectivity index (χ4v) is 9.97. The summed E-state index contributed by atoms with van der Waals surface area (Å²) >= 11 is 0. The van der Waals surface area contributed by atoms with E-state index in [-0.39, 0.29) is 29.2 Å². The minimum atomic E-state index is -3.33. The fraction of sp³-hybridized carbons (Fsp3) is 0.929. The molecule has 2 amide bonds. The number of nitrogens with one attached hydrogen (secondary N) is 3. The van der Waals surface area contributed by atoms with Crippen LogP contribution in [-0.4, -0.2) is 86.9 Å². The van der Waals surface area contributed by atoms with Gasteiger partial charge in [0.2, 0.25) is 15.9 Å². The van der Waals surface area contributed by atoms with Gasteiger partial charge in [0.15, 0.2) is 0 Å². The van der Waals surface area contributed by atoms with Gasteiger partial charge in [0.1, 0.15) is 0 Å². The average Bonchev–Trinajstić information content (AvgIpc) is 3.40. The lowest BCUT2D eigenvalue weighted by Gasteiger charge is -2.42. The quantitative estimate of drug-likeness (QED) is 0.433. The number of carbonyl (C=O) groups is 2. The molecule has 0 radical (unpaired) electrons. The maximum Gasteiger partial charge on any atom is 0.407 e. The Morgan fingerprint density at radius 2 is 1.59 bits per heavy atom. The van der Waals surface area contributed by atoms with Gasteiger partial charge in [-0.2, -0.15) is 0 Å². The van der Waals surface area contributed by atoms with Gasteiger partial charge >= 0.3 is 6.09 Å². The van der Waals surface area contributed by atoms with Crippen LogP contribution in [0.25, 0.3) is 0 Å². The van der Waals surface area contributed by atoms with Gasteiger partial charge in [0.25, 0.3) is 0 Å². The van der Waals surface area contributed by atoms with Crippen LogP contribution in [0.5, 0.6) is 0 Å². The molecule has 0 bridgehead atoms. The van der Waals surface area contributed by atoms with Crippen LogP contribution < -0.4 is 16.1 Å². The highest BCUT2D eigenvalue weighted by atomic mass is 32.2. The zero-order valence-electron chi connectivity index (χ0n) is 23.6. The molecule has 3 N–H and O–H groups in total. The second kappa shape index (κ2) is 13.0. The van der Waals surface area contributed by atoms with Crippen molar-refractivity contribution >= 4 is 22.0 Å². The first-order valence-electron chi connectivity index (χ1n) is 15.5. The number of methoxy groups -OCH3 is 1. The molecule has 10 nitrogen and oxygen atoms in total. The number of nitrogens with zero attached hydrogens (tertiary/aromatic N) is 2. The third-order valence-corrected chi connectivity index (χ3v) is 12.8. The Bertz CT molecular complexity index is 942. The van der Waals surface area contributed by atoms with E-state index in [1.54, 1.807) is 4.31 Å². The molecule has 0 aromatic heterocycles. The van der Waals surface area contributed by atoms with Gasteiger partial charge in [0.05, 0.1) is 18.3 Å². The summed E-state index contributed by atoms with van der Waals surface area (Å²) in [5.74, 6) is 1.91. The summed E-state index contributed by atoms with van der Waals surface area (Å²) in [6.07, 6.45) is 12.4. The Kier molecular flexibility index (Phi) is 9.72. The van der Waals surface area contributed by atoms with Gasteiger partial charge in [-0.15, -0.1) is 0 Å². The van der Waals surface area contributed by atoms with Crippen LogP contribution in [0, 0.1) is 23.7 Å². The normalized spacial score (nSPS) is 33.8. The van der Waals surface area contributed by atoms with Gasteiger partial charge in [0, 0.05) is 44.8 Å². The minimum Gasteiger partial charge on any atom is -0.453 e. The summed E-state index contributed by atoms with van der Waals surface area (Å²) in [6.45, 7) is 3.70. The molecule has 3 heterocycles. The molecule has 5 rings (SSSR count). The van der Waals surface area contributed by atoms with Crippen LogP contribution >= 0.6 is 0 Å². The topological polar surface area (TPSA) is 120 Å². The minimum absolute atomic E-state index is 0.000608. The monoisotopic (exact) mass is 567 g/mol. The molecule has 39 heavy (non-hydrogen) atoms. The van der Waals surface area contributed by atoms with E-state index in [1.165, 1.54) is 39.2 Å². The Labute approximate surface area is 234 Å². The predicted molar refractivity (Wildman–Crippen MR) is 149 cm³/mol. The van der Waals surface area contributed by atoms with Crippen LogP contribution in [0.2, 0.25) is 0 Å². The molecule has 3 saturated heterocycles. The second-order valence-corrected chi connectivity index (χ2v) is 14.9. The number of sulfonamides is 1. The summed E-state index contributed by atoms with van der Waals surface area (Å²) in [5, 5.41) is 8.03. The Balaban J connectivity index is 1.08. The summed E-state index contributed by atoms with van der Waals surface area (Å²) in [5.41, 5.74) is 3.49. The third-order valence-electron chi connectivity index (χ3n) is 10.4. The van der Waals surface area contributed by atoms with Crippen molar-refractivity contribution in [2.24, 2.45) is 23.7 Å². The number of fused-ring (bicyclic) bond motifs is 1. The summed E-state index contributed by atoms with van der Waals surface area (Å²) in [6, 6.07) is 0.231. The van der Waals surface area contributed by atoms with Crippen molar-refractivity contribution in [3.63, 3.8) is 0 Å². The molecule has 5 fully saturated rings. The van der Waals surface area contributed by atoms with Crippen molar-refractivity contribution in [2.45, 2.75) is 101 Å². The molecular weight excluding hydrogens is 518 g/mol. The van der Waals surface area contributed by atoms with Crippen LogP contribution in [0.1, 0.15) is 83.5 Å². The zero-order chi connectivity index (χ0) is 27.4. The predicted octanol–water partition coefficient (Wildman–Crippen LogP) is 2.61. The van der Waals surface area contributed by atoms with E-state index >= 15 is 0 Å². The highest BCUT2D eigenvalue weighted by Crippen LogP contribution is 2.39. The second-order valence-electron chi connectivity index (χ2n) is 12.7. The lowest BCUT2D eigenvalue weighted by atomic mass is 9.75. The van der Waals surface area contributed by atoms with E-state index < -0.39 is 16.1 Å². The van der Waals surface area contributed by atoms with Gasteiger partial charge in [-0.05, 0) is 82.0 Å². The summed E-state index contributed by atoms with van der Waals surface area (Å²) in [4.78, 5) is 24.6. The van der Waals surface area contributed by atoms with Gasteiger partial charge in [-0.3, -0.25) is 10.2 Å². The highest BCUT2D eigenvalue weighted by Gasteiger charge is 2.45. The molecule has 3 atom stereocenters. The smallest absolute Gasteiger partial charge is 0.407 e. The van der Waals surface area contributed by atoms with Crippen LogP contribution in [0.4, 0.5) is 4.79 Å². The number of rotatable bonds is 7. The summed E-state index contributed by atoms with van der Waals surface area (Å²) in [7, 11) is -1.98. The molecule has 3 aliphatic heterocycles. The van der Waals surface area contributed by atoms with Crippen LogP contribution in [0.15, 0.2) is 0 Å². The van der Waals surface area contributed by atoms with Crippen LogP contribution in [-0.2, 0) is 19.6 Å². The van der Waals surface area contributed by atoms with Gasteiger partial charge in [-0.1, -0.05) is 19.3 Å². The molecule has 0 aromatic rings. The molecule has 0 aromatic carbocycles. The summed E-state index contributed by atoms with van der Waals surface area (Å²) < 4.78 is 33.2. The number of carbonyl (C=O) groups excluding carboxylic acids is 2. The van der Waals surface area contributed by atoms with Gasteiger partial charge < -0.3 is 15.4 Å². The first kappa shape index (κ1) is 29.1. The Morgan fingerprint density at radius 1 is 0.897 bits per heavy atom. The number of ether oxygens (including phenoxy) is 1. The SMILES string of the molecule is COC(=O)NC1CCC(S(=O)(=O)N2CCC(C3CCN4NCC(C(=O)NCC5CCCCC5)C4C3)CC2)CC1. The number of hydrogen-bond acceptors (Lipinski definition) is 7. The van der Waals surface area contributed by atoms with E-state index in [0.717, 1.165) is 45.3 Å². The van der Waals surface area contributed by atoms with Gasteiger partial charge in [-0.25, -0.2) is 22.5 Å². The highest BCUT2D eigenvalue weighted by molar-refractivity contribution is 7.89. The van der Waals surface area contributed by atoms with Crippen molar-refractivity contribution < 1.29 is 22.7 Å². The zero-order valence-corrected chi connectivity index (χ0v) is 24.4.